The van der Waals surface area contributed by atoms with Crippen LogP contribution in [0, 0.1) is 20.2 Å². The molecule has 0 aromatic heterocycles. The van der Waals surface area contributed by atoms with E-state index < -0.39 is 38.6 Å². The zero-order chi connectivity index (χ0) is 18.1. The number of halogens is 4. The van der Waals surface area contributed by atoms with Gasteiger partial charge in [-0.3, -0.25) is 20.2 Å². The van der Waals surface area contributed by atoms with Crippen LogP contribution in [0.4, 0.5) is 35.9 Å². The number of nitro groups is 2. The van der Waals surface area contributed by atoms with Gasteiger partial charge in [0.25, 0.3) is 11.4 Å². The molecular formula is C13H7ClF3N3O4. The maximum atomic E-state index is 13.2. The fraction of sp³-hybridized carbons (Fsp3) is 0.0769. The highest BCUT2D eigenvalue weighted by atomic mass is 35.5. The third-order valence-electron chi connectivity index (χ3n) is 2.93. The summed E-state index contributed by atoms with van der Waals surface area (Å²) in [5.41, 5.74) is -4.40. The van der Waals surface area contributed by atoms with E-state index >= 15 is 0 Å². The minimum absolute atomic E-state index is 0.0989. The van der Waals surface area contributed by atoms with Crippen LogP contribution in [0.1, 0.15) is 5.56 Å². The number of nitro benzene ring substituents is 2. The van der Waals surface area contributed by atoms with Gasteiger partial charge < -0.3 is 5.32 Å². The number of rotatable bonds is 4. The Labute approximate surface area is 137 Å². The van der Waals surface area contributed by atoms with Crippen molar-refractivity contribution in [3.63, 3.8) is 0 Å². The molecular weight excluding hydrogens is 355 g/mol. The average molecular weight is 362 g/mol. The van der Waals surface area contributed by atoms with Crippen LogP contribution < -0.4 is 5.32 Å². The van der Waals surface area contributed by atoms with Gasteiger partial charge in [0, 0.05) is 16.8 Å². The topological polar surface area (TPSA) is 98.3 Å². The molecule has 2 aromatic rings. The SMILES string of the molecule is O=[N+]([O-])c1cc([N+](=O)[O-])c(Nc2ccc(Cl)cc2)c(C(F)(F)F)c1. The molecule has 7 nitrogen and oxygen atoms in total. The lowest BCUT2D eigenvalue weighted by atomic mass is 10.1. The van der Waals surface area contributed by atoms with Crippen molar-refractivity contribution in [1.29, 1.82) is 0 Å². The predicted octanol–water partition coefficient (Wildman–Crippen LogP) is 4.92. The Morgan fingerprint density at radius 1 is 1.00 bits per heavy atom. The van der Waals surface area contributed by atoms with E-state index in [0.29, 0.717) is 11.1 Å². The Bertz CT molecular complexity index is 809. The Morgan fingerprint density at radius 3 is 2.04 bits per heavy atom. The van der Waals surface area contributed by atoms with Crippen molar-refractivity contribution in [2.45, 2.75) is 6.18 Å². The van der Waals surface area contributed by atoms with E-state index in [2.05, 4.69) is 5.32 Å². The second-order valence-electron chi connectivity index (χ2n) is 4.53. The monoisotopic (exact) mass is 361 g/mol. The van der Waals surface area contributed by atoms with Crippen LogP contribution in [-0.4, -0.2) is 9.85 Å². The summed E-state index contributed by atoms with van der Waals surface area (Å²) in [7, 11) is 0. The fourth-order valence-corrected chi connectivity index (χ4v) is 2.02. The molecule has 2 rings (SSSR count). The van der Waals surface area contributed by atoms with Gasteiger partial charge >= 0.3 is 6.18 Å². The highest BCUT2D eigenvalue weighted by Crippen LogP contribution is 2.43. The molecule has 0 saturated heterocycles. The van der Waals surface area contributed by atoms with Crippen LogP contribution in [0.25, 0.3) is 0 Å². The third kappa shape index (κ3) is 3.71. The van der Waals surface area contributed by atoms with Crippen LogP contribution in [0.5, 0.6) is 0 Å². The molecule has 0 atom stereocenters. The predicted molar refractivity (Wildman–Crippen MR) is 79.5 cm³/mol. The molecule has 0 fully saturated rings. The normalized spacial score (nSPS) is 11.2. The van der Waals surface area contributed by atoms with E-state index in [1.165, 1.54) is 24.3 Å². The van der Waals surface area contributed by atoms with E-state index in [4.69, 9.17) is 11.6 Å². The number of benzene rings is 2. The molecule has 126 valence electrons. The smallest absolute Gasteiger partial charge is 0.349 e. The standard InChI is InChI=1S/C13H7ClF3N3O4/c14-7-1-3-8(4-2-7)18-12-10(13(15,16)17)5-9(19(21)22)6-11(12)20(23)24/h1-6,18H. The van der Waals surface area contributed by atoms with Gasteiger partial charge in [-0.1, -0.05) is 11.6 Å². The van der Waals surface area contributed by atoms with Crippen molar-refractivity contribution in [2.75, 3.05) is 5.32 Å². The number of anilines is 2. The van der Waals surface area contributed by atoms with Crippen molar-refractivity contribution < 1.29 is 23.0 Å². The van der Waals surface area contributed by atoms with Gasteiger partial charge in [0.15, 0.2) is 0 Å². The van der Waals surface area contributed by atoms with Gasteiger partial charge in [-0.25, -0.2) is 0 Å². The van der Waals surface area contributed by atoms with E-state index in [9.17, 15) is 33.4 Å². The molecule has 0 aliphatic rings. The maximum absolute atomic E-state index is 13.2. The van der Waals surface area contributed by atoms with Crippen molar-refractivity contribution in [1.82, 2.24) is 0 Å². The summed E-state index contributed by atoms with van der Waals surface area (Å²) in [6.45, 7) is 0. The van der Waals surface area contributed by atoms with Gasteiger partial charge in [0.2, 0.25) is 0 Å². The van der Waals surface area contributed by atoms with E-state index in [1.54, 1.807) is 0 Å². The average Bonchev–Trinajstić information content (AvgIpc) is 2.48. The molecule has 0 bridgehead atoms. The highest BCUT2D eigenvalue weighted by Gasteiger charge is 2.39. The van der Waals surface area contributed by atoms with Crippen molar-refractivity contribution in [2.24, 2.45) is 0 Å². The van der Waals surface area contributed by atoms with Gasteiger partial charge in [-0.05, 0) is 24.3 Å². The summed E-state index contributed by atoms with van der Waals surface area (Å²) < 4.78 is 39.6. The summed E-state index contributed by atoms with van der Waals surface area (Å²) in [6, 6.07) is 6.07. The molecule has 11 heteroatoms. The zero-order valence-corrected chi connectivity index (χ0v) is 12.3. The summed E-state index contributed by atoms with van der Waals surface area (Å²) in [4.78, 5) is 19.6. The Morgan fingerprint density at radius 2 is 1.58 bits per heavy atom. The van der Waals surface area contributed by atoms with Crippen LogP contribution in [0.15, 0.2) is 36.4 Å². The zero-order valence-electron chi connectivity index (χ0n) is 11.5. The van der Waals surface area contributed by atoms with E-state index in [1.807, 2.05) is 0 Å². The Balaban J connectivity index is 2.68. The van der Waals surface area contributed by atoms with Gasteiger partial charge in [-0.15, -0.1) is 0 Å². The molecule has 0 heterocycles. The highest BCUT2D eigenvalue weighted by molar-refractivity contribution is 6.30. The van der Waals surface area contributed by atoms with Crippen molar-refractivity contribution in [3.05, 3.63) is 67.2 Å². The first-order valence-corrected chi connectivity index (χ1v) is 6.54. The summed E-state index contributed by atoms with van der Waals surface area (Å²) in [5, 5.41) is 24.4. The molecule has 0 aliphatic heterocycles. The first kappa shape index (κ1) is 17.5. The molecule has 0 aliphatic carbocycles. The Hall–Kier alpha value is -2.88. The lowest BCUT2D eigenvalue weighted by Gasteiger charge is -2.14. The largest absolute Gasteiger partial charge is 0.418 e. The summed E-state index contributed by atoms with van der Waals surface area (Å²) in [5.74, 6) is 0. The number of hydrogen-bond donors (Lipinski definition) is 1. The Kier molecular flexibility index (Phi) is 4.60. The molecule has 0 saturated carbocycles. The second-order valence-corrected chi connectivity index (χ2v) is 4.97. The number of alkyl halides is 3. The quantitative estimate of drug-likeness (QED) is 0.615. The minimum Gasteiger partial charge on any atom is -0.349 e. The molecule has 0 spiro atoms. The minimum atomic E-state index is -5.04. The third-order valence-corrected chi connectivity index (χ3v) is 3.18. The first-order chi connectivity index (χ1) is 11.1. The van der Waals surface area contributed by atoms with Crippen LogP contribution >= 0.6 is 11.6 Å². The number of non-ortho nitro benzene ring substituents is 1. The van der Waals surface area contributed by atoms with Gasteiger partial charge in [0.05, 0.1) is 21.5 Å². The fourth-order valence-electron chi connectivity index (χ4n) is 1.89. The molecule has 2 aromatic carbocycles. The van der Waals surface area contributed by atoms with Crippen LogP contribution in [-0.2, 0) is 6.18 Å². The van der Waals surface area contributed by atoms with Gasteiger partial charge in [0.1, 0.15) is 5.69 Å². The summed E-state index contributed by atoms with van der Waals surface area (Å²) in [6.07, 6.45) is -5.04. The second kappa shape index (κ2) is 6.32. The van der Waals surface area contributed by atoms with Crippen LogP contribution in [0.3, 0.4) is 0 Å². The number of nitrogens with zero attached hydrogens (tertiary/aromatic N) is 2. The lowest BCUT2D eigenvalue weighted by molar-refractivity contribution is -0.394. The molecule has 1 N–H and O–H groups in total. The number of hydrogen-bond acceptors (Lipinski definition) is 5. The molecule has 0 unspecified atom stereocenters. The maximum Gasteiger partial charge on any atom is 0.418 e. The lowest BCUT2D eigenvalue weighted by Crippen LogP contribution is -2.11. The summed E-state index contributed by atoms with van der Waals surface area (Å²) >= 11 is 5.66. The van der Waals surface area contributed by atoms with Gasteiger partial charge in [-0.2, -0.15) is 13.2 Å². The van der Waals surface area contributed by atoms with Crippen molar-refractivity contribution >= 4 is 34.4 Å². The number of nitrogens with one attached hydrogen (secondary N) is 1. The molecule has 24 heavy (non-hydrogen) atoms. The van der Waals surface area contributed by atoms with E-state index in [0.717, 1.165) is 0 Å². The van der Waals surface area contributed by atoms with Crippen molar-refractivity contribution in [3.8, 4) is 0 Å². The van der Waals surface area contributed by atoms with Crippen LogP contribution in [0.2, 0.25) is 5.02 Å². The molecule has 0 amide bonds. The first-order valence-electron chi connectivity index (χ1n) is 6.16. The molecule has 0 radical (unpaired) electrons. The van der Waals surface area contributed by atoms with E-state index in [-0.39, 0.29) is 11.8 Å².